The van der Waals surface area contributed by atoms with Gasteiger partial charge in [0.25, 0.3) is 5.91 Å². The molecule has 2 aromatic heterocycles. The number of rotatable bonds is 2. The van der Waals surface area contributed by atoms with E-state index in [2.05, 4.69) is 5.32 Å². The molecule has 2 aliphatic heterocycles. The van der Waals surface area contributed by atoms with Gasteiger partial charge >= 0.3 is 0 Å². The Morgan fingerprint density at radius 2 is 2.00 bits per heavy atom. The van der Waals surface area contributed by atoms with Gasteiger partial charge in [-0.2, -0.15) is 0 Å². The molecule has 1 atom stereocenters. The zero-order valence-electron chi connectivity index (χ0n) is 14.7. The van der Waals surface area contributed by atoms with E-state index < -0.39 is 0 Å². The minimum Gasteiger partial charge on any atom is -0.497 e. The second-order valence-electron chi connectivity index (χ2n) is 6.73. The summed E-state index contributed by atoms with van der Waals surface area (Å²) in [5.74, 6) is 0.620. The van der Waals surface area contributed by atoms with E-state index in [0.717, 1.165) is 40.1 Å². The van der Waals surface area contributed by atoms with Gasteiger partial charge in [0.05, 0.1) is 18.5 Å². The Bertz CT molecular complexity index is 1070. The number of anilines is 1. The first kappa shape index (κ1) is 16.3. The number of carbonyl (C=O) groups is 2. The van der Waals surface area contributed by atoms with Crippen molar-refractivity contribution in [2.45, 2.75) is 18.9 Å². The summed E-state index contributed by atoms with van der Waals surface area (Å²) in [4.78, 5) is 33.3. The molecule has 1 saturated heterocycles. The molecule has 2 amide bonds. The summed E-state index contributed by atoms with van der Waals surface area (Å²) < 4.78 is 5.20. The Kier molecular flexibility index (Phi) is 3.65. The molecule has 27 heavy (non-hydrogen) atoms. The molecule has 6 nitrogen and oxygen atoms in total. The van der Waals surface area contributed by atoms with Crippen LogP contribution in [0.25, 0.3) is 21.5 Å². The molecule has 0 bridgehead atoms. The number of pyridine rings is 1. The quantitative estimate of drug-likeness (QED) is 0.739. The Hall–Kier alpha value is -2.93. The summed E-state index contributed by atoms with van der Waals surface area (Å²) in [5, 5.41) is 3.79. The lowest BCUT2D eigenvalue weighted by molar-refractivity contribution is -0.119. The van der Waals surface area contributed by atoms with Crippen LogP contribution >= 0.6 is 11.3 Å². The number of methoxy groups -OCH3 is 1. The van der Waals surface area contributed by atoms with Crippen molar-refractivity contribution in [1.29, 1.82) is 0 Å². The monoisotopic (exact) mass is 379 g/mol. The van der Waals surface area contributed by atoms with E-state index in [1.54, 1.807) is 12.0 Å². The van der Waals surface area contributed by atoms with Gasteiger partial charge in [0, 0.05) is 17.5 Å². The van der Waals surface area contributed by atoms with Crippen molar-refractivity contribution in [1.82, 2.24) is 9.88 Å². The highest BCUT2D eigenvalue weighted by molar-refractivity contribution is 7.21. The van der Waals surface area contributed by atoms with Crippen LogP contribution in [0.5, 0.6) is 5.75 Å². The summed E-state index contributed by atoms with van der Waals surface area (Å²) in [6.07, 6.45) is 1.59. The van der Waals surface area contributed by atoms with Crippen LogP contribution in [0.4, 0.5) is 5.69 Å². The van der Waals surface area contributed by atoms with Crippen molar-refractivity contribution in [3.8, 4) is 17.0 Å². The molecule has 1 fully saturated rings. The van der Waals surface area contributed by atoms with Gasteiger partial charge in [0.2, 0.25) is 5.91 Å². The van der Waals surface area contributed by atoms with E-state index in [9.17, 15) is 9.59 Å². The fraction of sp³-hybridized carbons (Fsp3) is 0.250. The Morgan fingerprint density at radius 1 is 1.19 bits per heavy atom. The van der Waals surface area contributed by atoms with E-state index >= 15 is 0 Å². The summed E-state index contributed by atoms with van der Waals surface area (Å²) in [6, 6.07) is 11.2. The minimum absolute atomic E-state index is 0.0696. The van der Waals surface area contributed by atoms with Crippen LogP contribution < -0.4 is 10.1 Å². The highest BCUT2D eigenvalue weighted by Gasteiger charge is 2.40. The van der Waals surface area contributed by atoms with Gasteiger partial charge in [-0.05, 0) is 49.2 Å². The lowest BCUT2D eigenvalue weighted by Crippen LogP contribution is -2.40. The zero-order valence-corrected chi connectivity index (χ0v) is 15.5. The third-order valence-electron chi connectivity index (χ3n) is 5.20. The fourth-order valence-corrected chi connectivity index (χ4v) is 4.88. The molecule has 1 aromatic carbocycles. The number of aromatic nitrogens is 1. The molecule has 2 aliphatic rings. The first-order chi connectivity index (χ1) is 13.2. The lowest BCUT2D eigenvalue weighted by atomic mass is 10.1. The number of amides is 2. The predicted molar refractivity (Wildman–Crippen MR) is 104 cm³/mol. The van der Waals surface area contributed by atoms with Gasteiger partial charge in [-0.1, -0.05) is 0 Å². The maximum atomic E-state index is 13.0. The van der Waals surface area contributed by atoms with E-state index in [0.29, 0.717) is 17.1 Å². The average molecular weight is 379 g/mol. The lowest BCUT2D eigenvalue weighted by Gasteiger charge is -2.19. The zero-order chi connectivity index (χ0) is 18.5. The topological polar surface area (TPSA) is 71.5 Å². The molecule has 4 heterocycles. The van der Waals surface area contributed by atoms with Crippen molar-refractivity contribution in [2.75, 3.05) is 19.0 Å². The van der Waals surface area contributed by atoms with Gasteiger partial charge in [-0.25, -0.2) is 4.98 Å². The number of ether oxygens (including phenoxy) is 1. The molecular weight excluding hydrogens is 362 g/mol. The molecule has 0 unspecified atom stereocenters. The summed E-state index contributed by atoms with van der Waals surface area (Å²) in [6.45, 7) is 0.634. The minimum atomic E-state index is -0.348. The van der Waals surface area contributed by atoms with Crippen molar-refractivity contribution in [2.24, 2.45) is 0 Å². The van der Waals surface area contributed by atoms with E-state index in [1.165, 1.54) is 11.3 Å². The number of carbonyl (C=O) groups excluding carboxylic acids is 2. The molecule has 136 valence electrons. The number of benzene rings is 1. The molecule has 7 heteroatoms. The molecule has 5 rings (SSSR count). The van der Waals surface area contributed by atoms with E-state index in [1.807, 2.05) is 36.4 Å². The predicted octanol–water partition coefficient (Wildman–Crippen LogP) is 3.53. The van der Waals surface area contributed by atoms with Crippen LogP contribution in [0, 0.1) is 0 Å². The van der Waals surface area contributed by atoms with Gasteiger partial charge in [-0.15, -0.1) is 11.3 Å². The average Bonchev–Trinajstić information content (AvgIpc) is 3.30. The number of nitrogens with zero attached hydrogens (tertiary/aromatic N) is 2. The molecule has 0 saturated carbocycles. The number of hydrogen-bond acceptors (Lipinski definition) is 5. The maximum absolute atomic E-state index is 13.0. The third-order valence-corrected chi connectivity index (χ3v) is 6.29. The standard InChI is InChI=1S/C20H17N3O3S/c1-26-12-6-4-11(5-7-12)14-9-8-13-16-17(27-19(13)21-14)20(25)23-10-2-3-15(23)18(24)22-16/h4-9,15H,2-3,10H2,1H3,(H,22,24)/t15-/m1/s1. The number of nitrogens with one attached hydrogen (secondary N) is 1. The van der Waals surface area contributed by atoms with E-state index in [-0.39, 0.29) is 17.9 Å². The first-order valence-electron chi connectivity index (χ1n) is 8.85. The highest BCUT2D eigenvalue weighted by atomic mass is 32.1. The van der Waals surface area contributed by atoms with Crippen molar-refractivity contribution in [3.63, 3.8) is 0 Å². The van der Waals surface area contributed by atoms with Crippen LogP contribution in [0.15, 0.2) is 36.4 Å². The van der Waals surface area contributed by atoms with Gasteiger partial charge in [0.15, 0.2) is 0 Å². The van der Waals surface area contributed by atoms with Crippen LogP contribution in [0.3, 0.4) is 0 Å². The normalized spacial score (nSPS) is 18.9. The summed E-state index contributed by atoms with van der Waals surface area (Å²) >= 11 is 1.35. The molecule has 3 aromatic rings. The second-order valence-corrected chi connectivity index (χ2v) is 7.73. The molecule has 0 aliphatic carbocycles. The van der Waals surface area contributed by atoms with Crippen LogP contribution in [0.1, 0.15) is 22.5 Å². The number of thiophene rings is 1. The van der Waals surface area contributed by atoms with Gasteiger partial charge in [-0.3, -0.25) is 9.59 Å². The van der Waals surface area contributed by atoms with Gasteiger partial charge < -0.3 is 15.0 Å². The summed E-state index contributed by atoms with van der Waals surface area (Å²) in [5.41, 5.74) is 2.39. The van der Waals surface area contributed by atoms with Crippen LogP contribution in [0.2, 0.25) is 0 Å². The molecular formula is C20H17N3O3S. The SMILES string of the molecule is COc1ccc(-c2ccc3c4c(sc3n2)C(=O)N2CCC[C@@H]2C(=O)N4)cc1. The third kappa shape index (κ3) is 2.49. The highest BCUT2D eigenvalue weighted by Crippen LogP contribution is 2.40. The van der Waals surface area contributed by atoms with Crippen LogP contribution in [-0.4, -0.2) is 41.4 Å². The molecule has 0 spiro atoms. The van der Waals surface area contributed by atoms with Gasteiger partial charge in [0.1, 0.15) is 21.5 Å². The second kappa shape index (κ2) is 6.06. The Labute approximate surface area is 159 Å². The largest absolute Gasteiger partial charge is 0.497 e. The fourth-order valence-electron chi connectivity index (χ4n) is 3.80. The Balaban J connectivity index is 1.60. The Morgan fingerprint density at radius 3 is 2.78 bits per heavy atom. The van der Waals surface area contributed by atoms with Crippen molar-refractivity contribution in [3.05, 3.63) is 41.3 Å². The van der Waals surface area contributed by atoms with E-state index in [4.69, 9.17) is 9.72 Å². The van der Waals surface area contributed by atoms with Crippen molar-refractivity contribution >= 4 is 39.1 Å². The van der Waals surface area contributed by atoms with Crippen LogP contribution in [-0.2, 0) is 4.79 Å². The molecule has 1 N–H and O–H groups in total. The smallest absolute Gasteiger partial charge is 0.266 e. The maximum Gasteiger partial charge on any atom is 0.266 e. The number of fused-ring (bicyclic) bond motifs is 4. The summed E-state index contributed by atoms with van der Waals surface area (Å²) in [7, 11) is 1.63. The number of hydrogen-bond donors (Lipinski definition) is 1. The van der Waals surface area contributed by atoms with Crippen molar-refractivity contribution < 1.29 is 14.3 Å². The molecule has 0 radical (unpaired) electrons. The first-order valence-corrected chi connectivity index (χ1v) is 9.67.